The van der Waals surface area contributed by atoms with Crippen molar-refractivity contribution in [2.24, 2.45) is 7.05 Å². The number of nitrogens with one attached hydrogen (secondary N) is 1. The maximum absolute atomic E-state index is 13.7. The van der Waals surface area contributed by atoms with E-state index in [-0.39, 0.29) is 11.9 Å². The summed E-state index contributed by atoms with van der Waals surface area (Å²) in [5.74, 6) is -0.209. The highest BCUT2D eigenvalue weighted by Gasteiger charge is 2.13. The number of benzene rings is 1. The molecule has 0 bridgehead atoms. The van der Waals surface area contributed by atoms with Gasteiger partial charge in [-0.2, -0.15) is 5.10 Å². The Hall–Kier alpha value is -1.36. The van der Waals surface area contributed by atoms with E-state index in [9.17, 15) is 4.39 Å². The third-order valence-corrected chi connectivity index (χ3v) is 3.30. The molecule has 3 nitrogen and oxygen atoms in total. The summed E-state index contributed by atoms with van der Waals surface area (Å²) < 4.78 is 16.4. The maximum Gasteiger partial charge on any atom is 0.128 e. The number of hydrogen-bond acceptors (Lipinski definition) is 2. The normalized spacial score (nSPS) is 12.5. The Bertz CT molecular complexity index is 565. The highest BCUT2D eigenvalue weighted by Crippen LogP contribution is 2.25. The lowest BCUT2D eigenvalue weighted by molar-refractivity contribution is 0.600. The van der Waals surface area contributed by atoms with Gasteiger partial charge in [-0.05, 0) is 32.0 Å². The van der Waals surface area contributed by atoms with Crippen molar-refractivity contribution in [2.45, 2.75) is 19.9 Å². The van der Waals surface area contributed by atoms with Gasteiger partial charge in [0.25, 0.3) is 0 Å². The van der Waals surface area contributed by atoms with E-state index in [0.29, 0.717) is 5.56 Å². The quantitative estimate of drug-likeness (QED) is 0.934. The zero-order valence-corrected chi connectivity index (χ0v) is 12.1. The molecule has 18 heavy (non-hydrogen) atoms. The molecule has 0 aliphatic rings. The van der Waals surface area contributed by atoms with Crippen LogP contribution in [0.25, 0.3) is 0 Å². The molecule has 1 N–H and O–H groups in total. The first-order chi connectivity index (χ1) is 8.47. The third kappa shape index (κ3) is 2.72. The molecule has 0 aliphatic heterocycles. The van der Waals surface area contributed by atoms with E-state index < -0.39 is 0 Å². The van der Waals surface area contributed by atoms with Crippen LogP contribution in [-0.2, 0) is 7.05 Å². The van der Waals surface area contributed by atoms with Crippen molar-refractivity contribution in [3.63, 3.8) is 0 Å². The van der Waals surface area contributed by atoms with Crippen LogP contribution in [0.5, 0.6) is 0 Å². The van der Waals surface area contributed by atoms with Crippen LogP contribution < -0.4 is 5.32 Å². The SMILES string of the molecule is Cc1nn(C)cc1NC(C)c1cc(Br)ccc1F. The fourth-order valence-electron chi connectivity index (χ4n) is 1.90. The van der Waals surface area contributed by atoms with Gasteiger partial charge in [-0.3, -0.25) is 4.68 Å². The topological polar surface area (TPSA) is 29.9 Å². The summed E-state index contributed by atoms with van der Waals surface area (Å²) >= 11 is 3.36. The van der Waals surface area contributed by atoms with E-state index in [1.165, 1.54) is 6.07 Å². The van der Waals surface area contributed by atoms with E-state index in [4.69, 9.17) is 0 Å². The van der Waals surface area contributed by atoms with Gasteiger partial charge < -0.3 is 5.32 Å². The molecule has 1 unspecified atom stereocenters. The van der Waals surface area contributed by atoms with Gasteiger partial charge in [0.1, 0.15) is 5.82 Å². The van der Waals surface area contributed by atoms with E-state index in [2.05, 4.69) is 26.3 Å². The maximum atomic E-state index is 13.7. The molecule has 0 aliphatic carbocycles. The summed E-state index contributed by atoms with van der Waals surface area (Å²) in [5.41, 5.74) is 2.46. The molecule has 0 amide bonds. The van der Waals surface area contributed by atoms with E-state index in [0.717, 1.165) is 15.9 Å². The minimum atomic E-state index is -0.209. The molecule has 0 saturated heterocycles. The summed E-state index contributed by atoms with van der Waals surface area (Å²) in [7, 11) is 1.86. The molecule has 0 spiro atoms. The van der Waals surface area contributed by atoms with Crippen LogP contribution in [0.4, 0.5) is 10.1 Å². The largest absolute Gasteiger partial charge is 0.376 e. The van der Waals surface area contributed by atoms with Crippen LogP contribution in [-0.4, -0.2) is 9.78 Å². The van der Waals surface area contributed by atoms with Crippen LogP contribution >= 0.6 is 15.9 Å². The molecular weight excluding hydrogens is 297 g/mol. The molecule has 0 saturated carbocycles. The van der Waals surface area contributed by atoms with Crippen molar-refractivity contribution in [3.8, 4) is 0 Å². The third-order valence-electron chi connectivity index (χ3n) is 2.81. The predicted octanol–water partition coefficient (Wildman–Crippen LogP) is 3.80. The first-order valence-electron chi connectivity index (χ1n) is 5.69. The zero-order valence-electron chi connectivity index (χ0n) is 10.5. The molecule has 5 heteroatoms. The standard InChI is InChI=1S/C13H15BrFN3/c1-8(11-6-10(14)4-5-12(11)15)16-13-7-18(3)17-9(13)2/h4-8,16H,1-3H3. The van der Waals surface area contributed by atoms with Crippen molar-refractivity contribution < 1.29 is 4.39 Å². The van der Waals surface area contributed by atoms with Crippen LogP contribution in [0.15, 0.2) is 28.9 Å². The summed E-state index contributed by atoms with van der Waals surface area (Å²) in [4.78, 5) is 0. The highest BCUT2D eigenvalue weighted by molar-refractivity contribution is 9.10. The lowest BCUT2D eigenvalue weighted by atomic mass is 10.1. The molecule has 1 atom stereocenters. The molecule has 96 valence electrons. The molecule has 1 aromatic carbocycles. The second-order valence-corrected chi connectivity index (χ2v) is 5.25. The Kier molecular flexibility index (Phi) is 3.71. The molecule has 2 rings (SSSR count). The summed E-state index contributed by atoms with van der Waals surface area (Å²) in [6.07, 6.45) is 1.89. The summed E-state index contributed by atoms with van der Waals surface area (Å²) in [5, 5.41) is 7.52. The number of nitrogens with zero attached hydrogens (tertiary/aromatic N) is 2. The smallest absolute Gasteiger partial charge is 0.128 e. The Labute approximate surface area is 114 Å². The average Bonchev–Trinajstić information content (AvgIpc) is 2.61. The van der Waals surface area contributed by atoms with Gasteiger partial charge in [-0.25, -0.2) is 4.39 Å². The molecule has 1 heterocycles. The van der Waals surface area contributed by atoms with Crippen LogP contribution in [0.2, 0.25) is 0 Å². The van der Waals surface area contributed by atoms with Gasteiger partial charge in [0, 0.05) is 23.3 Å². The zero-order chi connectivity index (χ0) is 13.3. The average molecular weight is 312 g/mol. The first-order valence-corrected chi connectivity index (χ1v) is 6.48. The van der Waals surface area contributed by atoms with Crippen LogP contribution in [0.3, 0.4) is 0 Å². The molecule has 2 aromatic rings. The minimum absolute atomic E-state index is 0.120. The highest BCUT2D eigenvalue weighted by atomic mass is 79.9. The molecule has 0 fully saturated rings. The first kappa shape index (κ1) is 13.1. The number of halogens is 2. The Morgan fingerprint density at radius 1 is 1.44 bits per heavy atom. The van der Waals surface area contributed by atoms with Crippen molar-refractivity contribution in [2.75, 3.05) is 5.32 Å². The van der Waals surface area contributed by atoms with Gasteiger partial charge in [0.2, 0.25) is 0 Å². The second-order valence-electron chi connectivity index (χ2n) is 4.33. The Balaban J connectivity index is 2.24. The van der Waals surface area contributed by atoms with Crippen LogP contribution in [0.1, 0.15) is 24.2 Å². The fraction of sp³-hybridized carbons (Fsp3) is 0.308. The molecule has 1 aromatic heterocycles. The number of anilines is 1. The number of aromatic nitrogens is 2. The van der Waals surface area contributed by atoms with Crippen molar-refractivity contribution in [1.29, 1.82) is 0 Å². The van der Waals surface area contributed by atoms with Crippen molar-refractivity contribution >= 4 is 21.6 Å². The second kappa shape index (κ2) is 5.10. The van der Waals surface area contributed by atoms with Crippen molar-refractivity contribution in [1.82, 2.24) is 9.78 Å². The van der Waals surface area contributed by atoms with E-state index >= 15 is 0 Å². The lowest BCUT2D eigenvalue weighted by Gasteiger charge is -2.16. The van der Waals surface area contributed by atoms with Crippen molar-refractivity contribution in [3.05, 3.63) is 45.9 Å². The van der Waals surface area contributed by atoms with Gasteiger partial charge >= 0.3 is 0 Å². The number of rotatable bonds is 3. The van der Waals surface area contributed by atoms with E-state index in [1.54, 1.807) is 16.8 Å². The number of hydrogen-bond donors (Lipinski definition) is 1. The number of aryl methyl sites for hydroxylation is 2. The predicted molar refractivity (Wildman–Crippen MR) is 74.1 cm³/mol. The Morgan fingerprint density at radius 3 is 2.78 bits per heavy atom. The molecular formula is C13H15BrFN3. The summed E-state index contributed by atoms with van der Waals surface area (Å²) in [6, 6.07) is 4.83. The lowest BCUT2D eigenvalue weighted by Crippen LogP contribution is -2.09. The fourth-order valence-corrected chi connectivity index (χ4v) is 2.28. The van der Waals surface area contributed by atoms with Gasteiger partial charge in [-0.1, -0.05) is 15.9 Å². The molecule has 0 radical (unpaired) electrons. The monoisotopic (exact) mass is 311 g/mol. The van der Waals surface area contributed by atoms with E-state index in [1.807, 2.05) is 27.1 Å². The Morgan fingerprint density at radius 2 is 2.17 bits per heavy atom. The van der Waals surface area contributed by atoms with Gasteiger partial charge in [0.05, 0.1) is 17.4 Å². The summed E-state index contributed by atoms with van der Waals surface area (Å²) in [6.45, 7) is 3.85. The van der Waals surface area contributed by atoms with Gasteiger partial charge in [0.15, 0.2) is 0 Å². The van der Waals surface area contributed by atoms with Crippen LogP contribution in [0, 0.1) is 12.7 Å². The van der Waals surface area contributed by atoms with Gasteiger partial charge in [-0.15, -0.1) is 0 Å². The minimum Gasteiger partial charge on any atom is -0.376 e.